The zero-order chi connectivity index (χ0) is 13.0. The molecule has 0 saturated carbocycles. The summed E-state index contributed by atoms with van der Waals surface area (Å²) in [6.07, 6.45) is 4.23. The molecule has 4 nitrogen and oxygen atoms in total. The number of hydrogen-bond donors (Lipinski definition) is 1. The Morgan fingerprint density at radius 1 is 1.37 bits per heavy atom. The van der Waals surface area contributed by atoms with Gasteiger partial charge in [-0.1, -0.05) is 18.2 Å². The highest BCUT2D eigenvalue weighted by Crippen LogP contribution is 2.40. The van der Waals surface area contributed by atoms with Crippen LogP contribution in [0.25, 0.3) is 10.9 Å². The molecule has 2 aliphatic rings. The van der Waals surface area contributed by atoms with Crippen molar-refractivity contribution in [1.29, 1.82) is 0 Å². The third-order valence-corrected chi connectivity index (χ3v) is 4.45. The summed E-state index contributed by atoms with van der Waals surface area (Å²) in [5.41, 5.74) is 2.63. The fourth-order valence-corrected chi connectivity index (χ4v) is 3.34. The molecule has 0 amide bonds. The predicted octanol–water partition coefficient (Wildman–Crippen LogP) is 1.94. The standard InChI is InChI=1S/C15H15NO3/c17-14(18)15(8-19-9-15)12-7-16-6-2-4-10-3-1-5-11(12)13(10)16/h1,3,5,7H,2,4,6,8-9H2,(H,17,18). The fourth-order valence-electron chi connectivity index (χ4n) is 3.34. The maximum absolute atomic E-state index is 11.7. The molecular formula is C15H15NO3. The third-order valence-electron chi connectivity index (χ3n) is 4.45. The molecule has 0 spiro atoms. The molecule has 3 heterocycles. The maximum atomic E-state index is 11.7. The molecule has 4 heteroatoms. The minimum Gasteiger partial charge on any atom is -0.480 e. The average molecular weight is 257 g/mol. The van der Waals surface area contributed by atoms with Crippen molar-refractivity contribution < 1.29 is 14.6 Å². The van der Waals surface area contributed by atoms with Gasteiger partial charge in [0.1, 0.15) is 5.41 Å². The number of ether oxygens (including phenoxy) is 1. The highest BCUT2D eigenvalue weighted by Gasteiger charge is 2.49. The Hall–Kier alpha value is -1.81. The maximum Gasteiger partial charge on any atom is 0.318 e. The van der Waals surface area contributed by atoms with E-state index in [1.165, 1.54) is 11.1 Å². The second-order valence-electron chi connectivity index (χ2n) is 5.53. The van der Waals surface area contributed by atoms with Crippen molar-refractivity contribution in [2.75, 3.05) is 13.2 Å². The predicted molar refractivity (Wildman–Crippen MR) is 70.4 cm³/mol. The van der Waals surface area contributed by atoms with Crippen LogP contribution in [-0.4, -0.2) is 28.9 Å². The first kappa shape index (κ1) is 11.1. The van der Waals surface area contributed by atoms with Crippen molar-refractivity contribution in [3.63, 3.8) is 0 Å². The average Bonchev–Trinajstić information content (AvgIpc) is 2.70. The van der Waals surface area contributed by atoms with E-state index in [0.29, 0.717) is 0 Å². The number of carboxylic acid groups (broad SMARTS) is 1. The molecule has 2 aromatic rings. The Morgan fingerprint density at radius 3 is 2.89 bits per heavy atom. The number of aromatic nitrogens is 1. The number of aryl methyl sites for hydroxylation is 2. The Morgan fingerprint density at radius 2 is 2.21 bits per heavy atom. The number of rotatable bonds is 2. The molecule has 0 radical (unpaired) electrons. The first-order valence-corrected chi connectivity index (χ1v) is 6.65. The molecule has 0 aliphatic carbocycles. The highest BCUT2D eigenvalue weighted by molar-refractivity contribution is 5.95. The largest absolute Gasteiger partial charge is 0.480 e. The van der Waals surface area contributed by atoms with E-state index in [-0.39, 0.29) is 13.2 Å². The van der Waals surface area contributed by atoms with E-state index in [9.17, 15) is 9.90 Å². The molecule has 1 saturated heterocycles. The minimum absolute atomic E-state index is 0.283. The third kappa shape index (κ3) is 1.29. The van der Waals surface area contributed by atoms with Gasteiger partial charge in [0.25, 0.3) is 0 Å². The van der Waals surface area contributed by atoms with E-state index in [2.05, 4.69) is 10.6 Å². The zero-order valence-electron chi connectivity index (χ0n) is 10.6. The molecule has 98 valence electrons. The van der Waals surface area contributed by atoms with Crippen molar-refractivity contribution in [3.05, 3.63) is 35.5 Å². The van der Waals surface area contributed by atoms with Gasteiger partial charge in [-0.25, -0.2) is 0 Å². The summed E-state index contributed by atoms with van der Waals surface area (Å²) in [5, 5.41) is 10.7. The second-order valence-corrected chi connectivity index (χ2v) is 5.53. The van der Waals surface area contributed by atoms with Crippen molar-refractivity contribution in [3.8, 4) is 0 Å². The van der Waals surface area contributed by atoms with Gasteiger partial charge in [-0.3, -0.25) is 4.79 Å². The number of para-hydroxylation sites is 1. The summed E-state index contributed by atoms with van der Waals surface area (Å²) in [6, 6.07) is 6.22. The number of hydrogen-bond acceptors (Lipinski definition) is 2. The number of benzene rings is 1. The van der Waals surface area contributed by atoms with Gasteiger partial charge >= 0.3 is 5.97 Å². The number of carboxylic acids is 1. The molecular weight excluding hydrogens is 242 g/mol. The van der Waals surface area contributed by atoms with E-state index in [0.717, 1.165) is 30.3 Å². The number of aliphatic carboxylic acids is 1. The lowest BCUT2D eigenvalue weighted by molar-refractivity contribution is -0.162. The molecule has 19 heavy (non-hydrogen) atoms. The van der Waals surface area contributed by atoms with Crippen LogP contribution in [0.3, 0.4) is 0 Å². The van der Waals surface area contributed by atoms with Crippen LogP contribution >= 0.6 is 0 Å². The van der Waals surface area contributed by atoms with Gasteiger partial charge in [-0.05, 0) is 24.0 Å². The van der Waals surface area contributed by atoms with E-state index in [1.54, 1.807) is 0 Å². The van der Waals surface area contributed by atoms with Crippen LogP contribution in [0.15, 0.2) is 24.4 Å². The lowest BCUT2D eigenvalue weighted by Crippen LogP contribution is -2.52. The first-order valence-electron chi connectivity index (χ1n) is 6.65. The molecule has 1 fully saturated rings. The quantitative estimate of drug-likeness (QED) is 0.894. The van der Waals surface area contributed by atoms with E-state index >= 15 is 0 Å². The van der Waals surface area contributed by atoms with Crippen LogP contribution in [0.5, 0.6) is 0 Å². The fraction of sp³-hybridized carbons (Fsp3) is 0.400. The van der Waals surface area contributed by atoms with E-state index in [1.807, 2.05) is 18.3 Å². The molecule has 0 bridgehead atoms. The second kappa shape index (κ2) is 3.61. The monoisotopic (exact) mass is 257 g/mol. The van der Waals surface area contributed by atoms with Gasteiger partial charge < -0.3 is 14.4 Å². The molecule has 1 N–H and O–H groups in total. The van der Waals surface area contributed by atoms with Gasteiger partial charge in [0.15, 0.2) is 0 Å². The molecule has 2 aliphatic heterocycles. The lowest BCUT2D eigenvalue weighted by Gasteiger charge is -2.37. The van der Waals surface area contributed by atoms with Crippen LogP contribution in [0.4, 0.5) is 0 Å². The van der Waals surface area contributed by atoms with Crippen LogP contribution in [-0.2, 0) is 27.9 Å². The van der Waals surface area contributed by atoms with Crippen LogP contribution in [0, 0.1) is 0 Å². The van der Waals surface area contributed by atoms with Crippen LogP contribution in [0.1, 0.15) is 17.5 Å². The van der Waals surface area contributed by atoms with Gasteiger partial charge in [0.2, 0.25) is 0 Å². The van der Waals surface area contributed by atoms with Crippen molar-refractivity contribution >= 4 is 16.9 Å². The van der Waals surface area contributed by atoms with Crippen LogP contribution < -0.4 is 0 Å². The SMILES string of the molecule is O=C(O)C1(c2cn3c4c(cccc24)CCC3)COC1. The topological polar surface area (TPSA) is 51.5 Å². The van der Waals surface area contributed by atoms with Crippen LogP contribution in [0.2, 0.25) is 0 Å². The summed E-state index contributed by atoms with van der Waals surface area (Å²) < 4.78 is 7.42. The van der Waals surface area contributed by atoms with Gasteiger partial charge in [0.05, 0.1) is 18.7 Å². The van der Waals surface area contributed by atoms with Crippen molar-refractivity contribution in [2.45, 2.75) is 24.8 Å². The van der Waals surface area contributed by atoms with Gasteiger partial charge in [-0.15, -0.1) is 0 Å². The smallest absolute Gasteiger partial charge is 0.318 e. The zero-order valence-corrected chi connectivity index (χ0v) is 10.6. The summed E-state index contributed by atoms with van der Waals surface area (Å²) in [5.74, 6) is -0.776. The molecule has 4 rings (SSSR count). The summed E-state index contributed by atoms with van der Waals surface area (Å²) in [7, 11) is 0. The van der Waals surface area contributed by atoms with Crippen molar-refractivity contribution in [2.24, 2.45) is 0 Å². The van der Waals surface area contributed by atoms with E-state index in [4.69, 9.17) is 4.74 Å². The van der Waals surface area contributed by atoms with Gasteiger partial charge in [-0.2, -0.15) is 0 Å². The first-order chi connectivity index (χ1) is 9.22. The Balaban J connectivity index is 2.02. The number of nitrogens with zero attached hydrogens (tertiary/aromatic N) is 1. The molecule has 1 aromatic heterocycles. The normalized spacial score (nSPS) is 20.2. The molecule has 0 atom stereocenters. The Kier molecular flexibility index (Phi) is 2.10. The molecule has 0 unspecified atom stereocenters. The summed E-state index contributed by atoms with van der Waals surface area (Å²) >= 11 is 0. The minimum atomic E-state index is -0.841. The van der Waals surface area contributed by atoms with E-state index < -0.39 is 11.4 Å². The van der Waals surface area contributed by atoms with Gasteiger partial charge in [0, 0.05) is 18.1 Å². The summed E-state index contributed by atoms with van der Waals surface area (Å²) in [4.78, 5) is 11.7. The number of carbonyl (C=O) groups is 1. The summed E-state index contributed by atoms with van der Waals surface area (Å²) in [6.45, 7) is 1.54. The van der Waals surface area contributed by atoms with Crippen molar-refractivity contribution in [1.82, 2.24) is 4.57 Å². The Labute approximate surface area is 110 Å². The molecule has 1 aromatic carbocycles. The lowest BCUT2D eigenvalue weighted by atomic mass is 9.78. The highest BCUT2D eigenvalue weighted by atomic mass is 16.5. The Bertz CT molecular complexity index is 682.